The van der Waals surface area contributed by atoms with E-state index in [1.165, 1.54) is 10.4 Å². The van der Waals surface area contributed by atoms with E-state index in [-0.39, 0.29) is 54.2 Å². The molecule has 0 saturated carbocycles. The first-order valence-corrected chi connectivity index (χ1v) is 11.8. The zero-order chi connectivity index (χ0) is 21.9. The highest BCUT2D eigenvalue weighted by molar-refractivity contribution is 7.89. The van der Waals surface area contributed by atoms with E-state index < -0.39 is 15.6 Å². The van der Waals surface area contributed by atoms with Gasteiger partial charge in [-0.2, -0.15) is 4.31 Å². The Labute approximate surface area is 183 Å². The van der Waals surface area contributed by atoms with Crippen molar-refractivity contribution in [3.05, 3.63) is 59.1 Å². The minimum Gasteiger partial charge on any atom is -0.491 e. The predicted octanol–water partition coefficient (Wildman–Crippen LogP) is 3.42. The van der Waals surface area contributed by atoms with Gasteiger partial charge in [0.25, 0.3) is 0 Å². The van der Waals surface area contributed by atoms with E-state index in [2.05, 4.69) is 0 Å². The Morgan fingerprint density at radius 1 is 1.13 bits per heavy atom. The molecule has 1 saturated heterocycles. The number of ketones is 1. The fourth-order valence-electron chi connectivity index (χ4n) is 3.52. The lowest BCUT2D eigenvalue weighted by Gasteiger charge is -2.37. The van der Waals surface area contributed by atoms with E-state index in [1.54, 1.807) is 18.2 Å². The summed E-state index contributed by atoms with van der Waals surface area (Å²) in [5.74, 6) is 0.663. The quantitative estimate of drug-likeness (QED) is 0.698. The van der Waals surface area contributed by atoms with E-state index in [0.29, 0.717) is 0 Å². The third-order valence-electron chi connectivity index (χ3n) is 5.28. The molecule has 3 rings (SSSR count). The minimum absolute atomic E-state index is 0.0752. The second-order valence-corrected chi connectivity index (χ2v) is 10.2. The van der Waals surface area contributed by atoms with E-state index in [0.717, 1.165) is 11.3 Å². The number of rotatable bonds is 7. The monoisotopic (exact) mass is 450 g/mol. The van der Waals surface area contributed by atoms with Gasteiger partial charge in [-0.3, -0.25) is 4.79 Å². The number of halogens is 1. The van der Waals surface area contributed by atoms with Gasteiger partial charge in [0.05, 0.1) is 16.7 Å². The van der Waals surface area contributed by atoms with Gasteiger partial charge >= 0.3 is 0 Å². The van der Waals surface area contributed by atoms with Crippen molar-refractivity contribution in [2.75, 3.05) is 13.1 Å². The van der Waals surface area contributed by atoms with Gasteiger partial charge in [-0.15, -0.1) is 0 Å². The third-order valence-corrected chi connectivity index (χ3v) is 7.68. The van der Waals surface area contributed by atoms with Crippen LogP contribution in [0.5, 0.6) is 5.75 Å². The van der Waals surface area contributed by atoms with Gasteiger partial charge in [0.15, 0.2) is 5.78 Å². The number of sulfonamides is 1. The first kappa shape index (κ1) is 22.7. The number of nitrogens with two attached hydrogens (primary N) is 1. The topological polar surface area (TPSA) is 89.7 Å². The number of Topliss-reactive ketones (excluding diaryl/α,β-unsaturated/α-hetero) is 1. The molecular weight excluding hydrogens is 424 g/mol. The van der Waals surface area contributed by atoms with Crippen molar-refractivity contribution in [2.24, 2.45) is 5.73 Å². The number of hydrogen-bond acceptors (Lipinski definition) is 5. The molecule has 0 aromatic heterocycles. The molecule has 8 heteroatoms. The van der Waals surface area contributed by atoms with Crippen LogP contribution in [0.4, 0.5) is 0 Å². The third kappa shape index (κ3) is 5.03. The van der Waals surface area contributed by atoms with Crippen molar-refractivity contribution in [3.63, 3.8) is 0 Å². The number of carbonyl (C=O) groups is 1. The molecule has 0 atom stereocenters. The van der Waals surface area contributed by atoms with E-state index in [1.807, 2.05) is 38.1 Å². The zero-order valence-corrected chi connectivity index (χ0v) is 18.7. The second kappa shape index (κ2) is 9.06. The summed E-state index contributed by atoms with van der Waals surface area (Å²) in [6.07, 6.45) is 0.821. The average Bonchev–Trinajstić information content (AvgIpc) is 2.69. The predicted molar refractivity (Wildman–Crippen MR) is 117 cm³/mol. The van der Waals surface area contributed by atoms with E-state index in [4.69, 9.17) is 22.1 Å². The summed E-state index contributed by atoms with van der Waals surface area (Å²) in [6, 6.07) is 13.7. The van der Waals surface area contributed by atoms with Gasteiger partial charge in [0.1, 0.15) is 10.6 Å². The summed E-state index contributed by atoms with van der Waals surface area (Å²) in [5.41, 5.74) is 6.21. The van der Waals surface area contributed by atoms with Gasteiger partial charge in [-0.1, -0.05) is 35.9 Å². The molecule has 0 aliphatic carbocycles. The Morgan fingerprint density at radius 2 is 1.73 bits per heavy atom. The van der Waals surface area contributed by atoms with Crippen LogP contribution in [-0.2, 0) is 21.2 Å². The molecule has 0 bridgehead atoms. The number of benzene rings is 2. The first-order valence-electron chi connectivity index (χ1n) is 9.94. The Morgan fingerprint density at radius 3 is 2.30 bits per heavy atom. The van der Waals surface area contributed by atoms with Crippen molar-refractivity contribution in [3.8, 4) is 5.75 Å². The van der Waals surface area contributed by atoms with Crippen LogP contribution < -0.4 is 10.5 Å². The smallest absolute Gasteiger partial charge is 0.244 e. The molecule has 0 radical (unpaired) electrons. The number of ether oxygens (including phenoxy) is 1. The Balaban J connectivity index is 1.64. The lowest BCUT2D eigenvalue weighted by molar-refractivity contribution is -0.124. The van der Waals surface area contributed by atoms with Crippen molar-refractivity contribution in [2.45, 2.75) is 49.6 Å². The SMILES string of the molecule is CC(C)Oc1ccc(CC(=O)C2(N)CCN(S(=O)(=O)c3ccccc3Cl)CC2)cc1. The van der Waals surface area contributed by atoms with Crippen LogP contribution in [0.1, 0.15) is 32.3 Å². The number of nitrogens with zero attached hydrogens (tertiary/aromatic N) is 1. The molecule has 1 fully saturated rings. The zero-order valence-electron chi connectivity index (χ0n) is 17.2. The molecule has 6 nitrogen and oxygen atoms in total. The number of piperidine rings is 1. The Bertz CT molecular complexity index is 998. The molecule has 1 aliphatic rings. The fraction of sp³-hybridized carbons (Fsp3) is 0.409. The van der Waals surface area contributed by atoms with E-state index in [9.17, 15) is 13.2 Å². The molecular formula is C22H27ClN2O4S. The Kier molecular flexibility index (Phi) is 6.87. The van der Waals surface area contributed by atoms with Gasteiger partial charge < -0.3 is 10.5 Å². The van der Waals surface area contributed by atoms with Gasteiger partial charge in [-0.05, 0) is 56.5 Å². The van der Waals surface area contributed by atoms with Crippen LogP contribution >= 0.6 is 11.6 Å². The van der Waals surface area contributed by atoms with Crippen LogP contribution in [0.3, 0.4) is 0 Å². The molecule has 1 heterocycles. The number of carbonyl (C=O) groups excluding carboxylic acids is 1. The first-order chi connectivity index (χ1) is 14.1. The van der Waals surface area contributed by atoms with Gasteiger partial charge in [-0.25, -0.2) is 8.42 Å². The molecule has 162 valence electrons. The second-order valence-electron chi connectivity index (χ2n) is 7.90. The summed E-state index contributed by atoms with van der Waals surface area (Å²) in [4.78, 5) is 13.0. The van der Waals surface area contributed by atoms with Crippen molar-refractivity contribution in [1.29, 1.82) is 0 Å². The van der Waals surface area contributed by atoms with E-state index >= 15 is 0 Å². The fourth-order valence-corrected chi connectivity index (χ4v) is 5.45. The van der Waals surface area contributed by atoms with Crippen LogP contribution in [-0.4, -0.2) is 43.2 Å². The number of hydrogen-bond donors (Lipinski definition) is 1. The molecule has 1 aliphatic heterocycles. The largest absolute Gasteiger partial charge is 0.491 e. The summed E-state index contributed by atoms with van der Waals surface area (Å²) in [5, 5.41) is 0.183. The standard InChI is InChI=1S/C22H27ClN2O4S/c1-16(2)29-18-9-7-17(8-10-18)15-21(26)22(24)11-13-25(14-12-22)30(27,28)20-6-4-3-5-19(20)23/h3-10,16H,11-15,24H2,1-2H3. The molecule has 0 unspecified atom stereocenters. The maximum atomic E-state index is 12.9. The Hall–Kier alpha value is -1.93. The summed E-state index contributed by atoms with van der Waals surface area (Å²) >= 11 is 6.07. The van der Waals surface area contributed by atoms with Crippen molar-refractivity contribution in [1.82, 2.24) is 4.31 Å². The van der Waals surface area contributed by atoms with Crippen LogP contribution in [0.25, 0.3) is 0 Å². The molecule has 0 spiro atoms. The maximum absolute atomic E-state index is 12.9. The molecule has 0 amide bonds. The summed E-state index contributed by atoms with van der Waals surface area (Å²) in [7, 11) is -3.72. The summed E-state index contributed by atoms with van der Waals surface area (Å²) in [6.45, 7) is 4.26. The van der Waals surface area contributed by atoms with Crippen LogP contribution in [0.15, 0.2) is 53.4 Å². The van der Waals surface area contributed by atoms with Gasteiger partial charge in [0.2, 0.25) is 10.0 Å². The molecule has 2 N–H and O–H groups in total. The molecule has 2 aromatic rings. The maximum Gasteiger partial charge on any atom is 0.244 e. The lowest BCUT2D eigenvalue weighted by Crippen LogP contribution is -2.57. The van der Waals surface area contributed by atoms with Crippen molar-refractivity contribution < 1.29 is 17.9 Å². The highest BCUT2D eigenvalue weighted by Gasteiger charge is 2.40. The van der Waals surface area contributed by atoms with Crippen LogP contribution in [0, 0.1) is 0 Å². The van der Waals surface area contributed by atoms with Crippen LogP contribution in [0.2, 0.25) is 5.02 Å². The van der Waals surface area contributed by atoms with Crippen molar-refractivity contribution >= 4 is 27.4 Å². The molecule has 30 heavy (non-hydrogen) atoms. The highest BCUT2D eigenvalue weighted by atomic mass is 35.5. The van der Waals surface area contributed by atoms with Gasteiger partial charge in [0, 0.05) is 19.5 Å². The highest BCUT2D eigenvalue weighted by Crippen LogP contribution is 2.30. The minimum atomic E-state index is -3.72. The molecule has 2 aromatic carbocycles. The lowest BCUT2D eigenvalue weighted by atomic mass is 9.83. The normalized spacial score (nSPS) is 17.1. The summed E-state index contributed by atoms with van der Waals surface area (Å²) < 4.78 is 32.8. The average molecular weight is 451 g/mol.